The van der Waals surface area contributed by atoms with E-state index in [2.05, 4.69) is 17.1 Å². The van der Waals surface area contributed by atoms with Crippen molar-refractivity contribution in [2.24, 2.45) is 0 Å². The van der Waals surface area contributed by atoms with Crippen LogP contribution in [-0.2, 0) is 4.74 Å². The minimum atomic E-state index is 0.00580. The lowest BCUT2D eigenvalue weighted by molar-refractivity contribution is -0.0448. The molecule has 0 aromatic carbocycles. The van der Waals surface area contributed by atoms with Crippen LogP contribution in [0, 0.1) is 0 Å². The molecule has 0 bridgehead atoms. The molecule has 3 fully saturated rings. The van der Waals surface area contributed by atoms with Crippen LogP contribution in [0.5, 0.6) is 0 Å². The molecule has 3 unspecified atom stereocenters. The van der Waals surface area contributed by atoms with Gasteiger partial charge in [-0.2, -0.15) is 0 Å². The van der Waals surface area contributed by atoms with E-state index in [1.54, 1.807) is 0 Å². The standard InChI is InChI=1S/C15H28N2O2/c1-2-14-10-17(7-8-19-14)13-5-6-15(9-13,11-18)16-12-3-4-12/h12-14,16,18H,2-11H2,1H3. The van der Waals surface area contributed by atoms with Gasteiger partial charge in [0.15, 0.2) is 0 Å². The Morgan fingerprint density at radius 1 is 1.37 bits per heavy atom. The Labute approximate surface area is 116 Å². The predicted octanol–water partition coefficient (Wildman–Crippen LogP) is 1.13. The number of rotatable bonds is 5. The number of aliphatic hydroxyl groups is 1. The number of hydrogen-bond donors (Lipinski definition) is 2. The summed E-state index contributed by atoms with van der Waals surface area (Å²) >= 11 is 0. The largest absolute Gasteiger partial charge is 0.394 e. The smallest absolute Gasteiger partial charge is 0.0700 e. The third-order valence-electron chi connectivity index (χ3n) is 5.11. The van der Waals surface area contributed by atoms with Crippen LogP contribution in [0.1, 0.15) is 45.4 Å². The minimum absolute atomic E-state index is 0.00580. The molecule has 1 heterocycles. The third-order valence-corrected chi connectivity index (χ3v) is 5.11. The van der Waals surface area contributed by atoms with Crippen LogP contribution in [0.25, 0.3) is 0 Å². The Balaban J connectivity index is 1.57. The Bertz CT molecular complexity index is 309. The number of nitrogens with one attached hydrogen (secondary N) is 1. The summed E-state index contributed by atoms with van der Waals surface area (Å²) in [5.41, 5.74) is 0.00580. The van der Waals surface area contributed by atoms with Gasteiger partial charge in [-0.3, -0.25) is 4.90 Å². The summed E-state index contributed by atoms with van der Waals surface area (Å²) in [6, 6.07) is 1.32. The van der Waals surface area contributed by atoms with Crippen molar-refractivity contribution in [3.05, 3.63) is 0 Å². The van der Waals surface area contributed by atoms with Gasteiger partial charge in [0, 0.05) is 30.7 Å². The van der Waals surface area contributed by atoms with Crippen molar-refractivity contribution in [3.8, 4) is 0 Å². The fourth-order valence-electron chi connectivity index (χ4n) is 3.71. The molecule has 0 aromatic rings. The fourth-order valence-corrected chi connectivity index (χ4v) is 3.71. The van der Waals surface area contributed by atoms with Gasteiger partial charge in [0.25, 0.3) is 0 Å². The van der Waals surface area contributed by atoms with Crippen molar-refractivity contribution in [1.29, 1.82) is 0 Å². The van der Waals surface area contributed by atoms with Gasteiger partial charge >= 0.3 is 0 Å². The van der Waals surface area contributed by atoms with Crippen LogP contribution in [0.3, 0.4) is 0 Å². The predicted molar refractivity (Wildman–Crippen MR) is 75.2 cm³/mol. The second-order valence-corrected chi connectivity index (χ2v) is 6.65. The molecule has 1 aliphatic heterocycles. The zero-order valence-electron chi connectivity index (χ0n) is 12.1. The highest BCUT2D eigenvalue weighted by atomic mass is 16.5. The van der Waals surface area contributed by atoms with Gasteiger partial charge in [-0.05, 0) is 38.5 Å². The zero-order chi connectivity index (χ0) is 13.3. The molecule has 19 heavy (non-hydrogen) atoms. The Morgan fingerprint density at radius 2 is 2.21 bits per heavy atom. The molecule has 1 saturated heterocycles. The van der Waals surface area contributed by atoms with Gasteiger partial charge < -0.3 is 15.2 Å². The van der Waals surface area contributed by atoms with E-state index in [1.807, 2.05) is 0 Å². The zero-order valence-corrected chi connectivity index (χ0v) is 12.1. The lowest BCUT2D eigenvalue weighted by Crippen LogP contribution is -2.51. The number of aliphatic hydroxyl groups excluding tert-OH is 1. The Hall–Kier alpha value is -0.160. The molecule has 0 amide bonds. The molecule has 3 atom stereocenters. The maximum atomic E-state index is 9.80. The SMILES string of the molecule is CCC1CN(C2CCC(CO)(NC3CC3)C2)CCO1. The molecule has 2 N–H and O–H groups in total. The first-order valence-corrected chi connectivity index (χ1v) is 7.99. The molecule has 2 aliphatic carbocycles. The van der Waals surface area contributed by atoms with Gasteiger partial charge in [0.1, 0.15) is 0 Å². The molecule has 3 rings (SSSR count). The summed E-state index contributed by atoms with van der Waals surface area (Å²) in [6.07, 6.45) is 7.55. The third kappa shape index (κ3) is 3.13. The average Bonchev–Trinajstić information content (AvgIpc) is 3.16. The van der Waals surface area contributed by atoms with E-state index < -0.39 is 0 Å². The van der Waals surface area contributed by atoms with Crippen molar-refractivity contribution in [2.75, 3.05) is 26.3 Å². The summed E-state index contributed by atoms with van der Waals surface area (Å²) in [5.74, 6) is 0. The van der Waals surface area contributed by atoms with Crippen molar-refractivity contribution < 1.29 is 9.84 Å². The number of nitrogens with zero attached hydrogens (tertiary/aromatic N) is 1. The number of morpholine rings is 1. The molecule has 0 spiro atoms. The maximum absolute atomic E-state index is 9.80. The second-order valence-electron chi connectivity index (χ2n) is 6.65. The Kier molecular flexibility index (Phi) is 4.13. The monoisotopic (exact) mass is 268 g/mol. The van der Waals surface area contributed by atoms with E-state index in [9.17, 15) is 5.11 Å². The lowest BCUT2D eigenvalue weighted by Gasteiger charge is -2.37. The van der Waals surface area contributed by atoms with Crippen LogP contribution >= 0.6 is 0 Å². The quantitative estimate of drug-likeness (QED) is 0.785. The van der Waals surface area contributed by atoms with E-state index in [0.717, 1.165) is 39.0 Å². The minimum Gasteiger partial charge on any atom is -0.394 e. The molecule has 2 saturated carbocycles. The highest BCUT2D eigenvalue weighted by Gasteiger charge is 2.44. The summed E-state index contributed by atoms with van der Waals surface area (Å²) in [4.78, 5) is 2.60. The van der Waals surface area contributed by atoms with Gasteiger partial charge in [-0.1, -0.05) is 6.92 Å². The maximum Gasteiger partial charge on any atom is 0.0700 e. The van der Waals surface area contributed by atoms with E-state index in [4.69, 9.17) is 4.74 Å². The molecular weight excluding hydrogens is 240 g/mol. The summed E-state index contributed by atoms with van der Waals surface area (Å²) in [7, 11) is 0. The van der Waals surface area contributed by atoms with Gasteiger partial charge in [-0.15, -0.1) is 0 Å². The molecule has 0 radical (unpaired) electrons. The van der Waals surface area contributed by atoms with Crippen LogP contribution < -0.4 is 5.32 Å². The molecule has 0 aromatic heterocycles. The van der Waals surface area contributed by atoms with Gasteiger partial charge in [0.05, 0.1) is 19.3 Å². The first kappa shape index (κ1) is 13.8. The van der Waals surface area contributed by atoms with Crippen molar-refractivity contribution in [1.82, 2.24) is 10.2 Å². The van der Waals surface area contributed by atoms with Crippen LogP contribution in [-0.4, -0.2) is 60.0 Å². The van der Waals surface area contributed by atoms with E-state index in [0.29, 0.717) is 24.8 Å². The number of ether oxygens (including phenoxy) is 1. The summed E-state index contributed by atoms with van der Waals surface area (Å²) < 4.78 is 5.76. The van der Waals surface area contributed by atoms with E-state index >= 15 is 0 Å². The van der Waals surface area contributed by atoms with Gasteiger partial charge in [0.2, 0.25) is 0 Å². The lowest BCUT2D eigenvalue weighted by atomic mass is 9.98. The van der Waals surface area contributed by atoms with Gasteiger partial charge in [-0.25, -0.2) is 0 Å². The Morgan fingerprint density at radius 3 is 2.89 bits per heavy atom. The van der Waals surface area contributed by atoms with Crippen LogP contribution in [0.4, 0.5) is 0 Å². The van der Waals surface area contributed by atoms with Crippen molar-refractivity contribution in [3.63, 3.8) is 0 Å². The molecule has 4 heteroatoms. The van der Waals surface area contributed by atoms with E-state index in [1.165, 1.54) is 19.3 Å². The second kappa shape index (κ2) is 5.68. The normalized spacial score (nSPS) is 40.7. The molecule has 110 valence electrons. The van der Waals surface area contributed by atoms with Crippen molar-refractivity contribution >= 4 is 0 Å². The topological polar surface area (TPSA) is 44.7 Å². The fraction of sp³-hybridized carbons (Fsp3) is 1.00. The number of hydrogen-bond acceptors (Lipinski definition) is 4. The first-order valence-electron chi connectivity index (χ1n) is 7.99. The van der Waals surface area contributed by atoms with Crippen molar-refractivity contribution in [2.45, 2.75) is 69.2 Å². The first-order chi connectivity index (χ1) is 9.24. The molecular formula is C15H28N2O2. The average molecular weight is 268 g/mol. The van der Waals surface area contributed by atoms with E-state index in [-0.39, 0.29) is 5.54 Å². The summed E-state index contributed by atoms with van der Waals surface area (Å²) in [5, 5.41) is 13.5. The summed E-state index contributed by atoms with van der Waals surface area (Å²) in [6.45, 7) is 5.51. The van der Waals surface area contributed by atoms with Crippen LogP contribution in [0.2, 0.25) is 0 Å². The van der Waals surface area contributed by atoms with Crippen LogP contribution in [0.15, 0.2) is 0 Å². The highest BCUT2D eigenvalue weighted by molar-refractivity contribution is 5.03. The highest BCUT2D eigenvalue weighted by Crippen LogP contribution is 2.36. The molecule has 3 aliphatic rings. The molecule has 4 nitrogen and oxygen atoms in total.